The van der Waals surface area contributed by atoms with Gasteiger partial charge in [0, 0.05) is 11.6 Å². The largest absolute Gasteiger partial charge is 0.493 e. The molecule has 4 unspecified atom stereocenters. The fraction of sp³-hybridized carbons (Fsp3) is 0.556. The van der Waals surface area contributed by atoms with E-state index < -0.39 is 6.10 Å². The van der Waals surface area contributed by atoms with Gasteiger partial charge in [0.05, 0.1) is 18.6 Å². The van der Waals surface area contributed by atoms with E-state index in [0.29, 0.717) is 12.5 Å². The highest BCUT2D eigenvalue weighted by molar-refractivity contribution is 5.65. The first-order valence-electron chi connectivity index (χ1n) is 8.12. The van der Waals surface area contributed by atoms with Crippen molar-refractivity contribution in [3.63, 3.8) is 0 Å². The Balaban J connectivity index is 1.84. The summed E-state index contributed by atoms with van der Waals surface area (Å²) in [6, 6.07) is 4.65. The minimum Gasteiger partial charge on any atom is -0.493 e. The van der Waals surface area contributed by atoms with E-state index in [-0.39, 0.29) is 11.5 Å². The Morgan fingerprint density at radius 3 is 3.09 bits per heavy atom. The molecule has 2 aliphatic carbocycles. The van der Waals surface area contributed by atoms with Crippen LogP contribution < -0.4 is 9.47 Å². The zero-order valence-electron chi connectivity index (χ0n) is 13.0. The zero-order valence-corrected chi connectivity index (χ0v) is 13.0. The van der Waals surface area contributed by atoms with Crippen molar-refractivity contribution in [1.29, 1.82) is 0 Å². The molecule has 2 bridgehead atoms. The van der Waals surface area contributed by atoms with Gasteiger partial charge < -0.3 is 14.6 Å². The van der Waals surface area contributed by atoms with Crippen molar-refractivity contribution in [2.45, 2.75) is 42.9 Å². The number of aliphatic hydroxyl groups is 1. The molecule has 1 spiro atoms. The minimum absolute atomic E-state index is 0.133. The maximum Gasteiger partial charge on any atom is 0.166 e. The first-order chi connectivity index (χ1) is 10.7. The average Bonchev–Trinajstić information content (AvgIpc) is 2.88. The molecular formula is C18H21NO3. The number of hydrogen-bond donors (Lipinski definition) is 1. The van der Waals surface area contributed by atoms with Crippen molar-refractivity contribution in [3.8, 4) is 11.5 Å². The number of methoxy groups -OCH3 is 1. The quantitative estimate of drug-likeness (QED) is 0.801. The molecule has 2 aliphatic heterocycles. The van der Waals surface area contributed by atoms with Crippen molar-refractivity contribution in [2.24, 2.45) is 0 Å². The van der Waals surface area contributed by atoms with Crippen LogP contribution in [0.2, 0.25) is 0 Å². The van der Waals surface area contributed by atoms with Gasteiger partial charge in [-0.05, 0) is 50.1 Å². The Kier molecular flexibility index (Phi) is 2.39. The van der Waals surface area contributed by atoms with E-state index in [1.54, 1.807) is 7.11 Å². The normalized spacial score (nSPS) is 38.1. The van der Waals surface area contributed by atoms with Crippen LogP contribution in [0.3, 0.4) is 0 Å². The predicted molar refractivity (Wildman–Crippen MR) is 82.5 cm³/mol. The number of nitrogens with zero attached hydrogens (tertiary/aromatic N) is 1. The van der Waals surface area contributed by atoms with E-state index in [1.807, 2.05) is 6.07 Å². The zero-order chi connectivity index (χ0) is 15.1. The second kappa shape index (κ2) is 4.06. The molecule has 0 aromatic heterocycles. The van der Waals surface area contributed by atoms with Gasteiger partial charge in [0.25, 0.3) is 0 Å². The maximum absolute atomic E-state index is 10.6. The number of benzene rings is 1. The lowest BCUT2D eigenvalue weighted by Crippen LogP contribution is -2.61. The van der Waals surface area contributed by atoms with Crippen LogP contribution in [0.15, 0.2) is 23.8 Å². The highest BCUT2D eigenvalue weighted by Gasteiger charge is 2.62. The summed E-state index contributed by atoms with van der Waals surface area (Å²) in [5.41, 5.74) is 4.00. The number of ether oxygens (including phenoxy) is 2. The van der Waals surface area contributed by atoms with Gasteiger partial charge in [-0.1, -0.05) is 12.1 Å². The van der Waals surface area contributed by atoms with Crippen molar-refractivity contribution in [2.75, 3.05) is 20.7 Å². The number of piperidine rings is 1. The summed E-state index contributed by atoms with van der Waals surface area (Å²) in [6.45, 7) is 1.05. The van der Waals surface area contributed by atoms with Gasteiger partial charge in [-0.2, -0.15) is 0 Å². The van der Waals surface area contributed by atoms with E-state index >= 15 is 0 Å². The second-order valence-electron chi connectivity index (χ2n) is 7.05. The van der Waals surface area contributed by atoms with Crippen LogP contribution in [0.4, 0.5) is 0 Å². The standard InChI is InChI=1S/C18H21NO3/c1-19-8-7-18-11-4-5-13(20)17(18)22-16-14(21-2)6-3-10(15(16)18)9-12(11)19/h3-4,6,12-13,17,20H,5,7-9H2,1-2H3. The van der Waals surface area contributed by atoms with E-state index in [9.17, 15) is 5.11 Å². The Labute approximate surface area is 130 Å². The van der Waals surface area contributed by atoms with Gasteiger partial charge in [-0.25, -0.2) is 0 Å². The van der Waals surface area contributed by atoms with Crippen molar-refractivity contribution < 1.29 is 14.6 Å². The van der Waals surface area contributed by atoms with Gasteiger partial charge in [0.15, 0.2) is 11.5 Å². The fourth-order valence-corrected chi connectivity index (χ4v) is 5.25. The Morgan fingerprint density at radius 2 is 2.27 bits per heavy atom. The summed E-state index contributed by atoms with van der Waals surface area (Å²) in [4.78, 5) is 2.46. The molecule has 2 heterocycles. The van der Waals surface area contributed by atoms with E-state index in [1.165, 1.54) is 16.7 Å². The van der Waals surface area contributed by atoms with Gasteiger partial charge >= 0.3 is 0 Å². The predicted octanol–water partition coefficient (Wildman–Crippen LogP) is 1.65. The third-order valence-corrected chi connectivity index (χ3v) is 6.21. The molecular weight excluding hydrogens is 278 g/mol. The molecule has 1 N–H and O–H groups in total. The molecule has 22 heavy (non-hydrogen) atoms. The van der Waals surface area contributed by atoms with E-state index in [2.05, 4.69) is 24.1 Å². The number of rotatable bonds is 1. The lowest BCUT2D eigenvalue weighted by atomic mass is 9.56. The molecule has 1 saturated heterocycles. The summed E-state index contributed by atoms with van der Waals surface area (Å²) < 4.78 is 11.8. The van der Waals surface area contributed by atoms with Gasteiger partial charge in [0.2, 0.25) is 0 Å². The first-order valence-corrected chi connectivity index (χ1v) is 8.12. The third kappa shape index (κ3) is 1.28. The monoisotopic (exact) mass is 299 g/mol. The van der Waals surface area contributed by atoms with Crippen LogP contribution in [0.5, 0.6) is 11.5 Å². The van der Waals surface area contributed by atoms with Crippen LogP contribution in [0.25, 0.3) is 0 Å². The van der Waals surface area contributed by atoms with Crippen LogP contribution in [-0.2, 0) is 11.8 Å². The highest BCUT2D eigenvalue weighted by Crippen LogP contribution is 2.62. The smallest absolute Gasteiger partial charge is 0.166 e. The van der Waals surface area contributed by atoms with E-state index in [0.717, 1.165) is 30.9 Å². The Hall–Kier alpha value is -1.52. The minimum atomic E-state index is -0.434. The molecule has 4 atom stereocenters. The van der Waals surface area contributed by atoms with Crippen LogP contribution >= 0.6 is 0 Å². The summed E-state index contributed by atoms with van der Waals surface area (Å²) >= 11 is 0. The summed E-state index contributed by atoms with van der Waals surface area (Å²) in [5.74, 6) is 1.67. The average molecular weight is 299 g/mol. The second-order valence-corrected chi connectivity index (χ2v) is 7.05. The fourth-order valence-electron chi connectivity index (χ4n) is 5.25. The number of hydrogen-bond acceptors (Lipinski definition) is 4. The van der Waals surface area contributed by atoms with Crippen LogP contribution in [0, 0.1) is 0 Å². The third-order valence-electron chi connectivity index (χ3n) is 6.21. The molecule has 1 aromatic carbocycles. The van der Waals surface area contributed by atoms with Crippen LogP contribution in [0.1, 0.15) is 24.0 Å². The van der Waals surface area contributed by atoms with Crippen LogP contribution in [-0.4, -0.2) is 49.0 Å². The Bertz CT molecular complexity index is 698. The molecule has 4 aliphatic rings. The summed E-state index contributed by atoms with van der Waals surface area (Å²) in [5, 5.41) is 10.6. The topological polar surface area (TPSA) is 41.9 Å². The molecule has 0 radical (unpaired) electrons. The van der Waals surface area contributed by atoms with Gasteiger partial charge in [0.1, 0.15) is 6.10 Å². The number of aliphatic hydroxyl groups excluding tert-OH is 1. The molecule has 4 nitrogen and oxygen atoms in total. The number of likely N-dealkylation sites (tertiary alicyclic amines) is 1. The molecule has 4 heteroatoms. The SMILES string of the molecule is COc1ccc2c3c1OC1C(O)CC=C4C(C2)N(C)CCC431. The van der Waals surface area contributed by atoms with E-state index in [4.69, 9.17) is 9.47 Å². The van der Waals surface area contributed by atoms with Gasteiger partial charge in [-0.15, -0.1) is 0 Å². The van der Waals surface area contributed by atoms with Crippen molar-refractivity contribution >= 4 is 0 Å². The lowest BCUT2D eigenvalue weighted by molar-refractivity contribution is -0.0124. The van der Waals surface area contributed by atoms with Crippen molar-refractivity contribution in [3.05, 3.63) is 34.9 Å². The molecule has 0 saturated carbocycles. The molecule has 1 aromatic rings. The Morgan fingerprint density at radius 1 is 1.41 bits per heavy atom. The van der Waals surface area contributed by atoms with Gasteiger partial charge in [-0.3, -0.25) is 4.90 Å². The van der Waals surface area contributed by atoms with Crippen molar-refractivity contribution in [1.82, 2.24) is 4.90 Å². The molecule has 116 valence electrons. The molecule has 5 rings (SSSR count). The molecule has 1 fully saturated rings. The summed E-state index contributed by atoms with van der Waals surface area (Å²) in [6.07, 6.45) is 4.42. The lowest BCUT2D eigenvalue weighted by Gasteiger charge is -2.54. The highest BCUT2D eigenvalue weighted by atomic mass is 16.5. The number of likely N-dealkylation sites (N-methyl/N-ethyl adjacent to an activating group) is 1. The maximum atomic E-state index is 10.6. The first kappa shape index (κ1) is 13.0. The molecule has 0 amide bonds. The summed E-state index contributed by atoms with van der Waals surface area (Å²) in [7, 11) is 3.90.